The molecule has 0 aromatic heterocycles. The molecule has 1 aliphatic rings. The van der Waals surface area contributed by atoms with Crippen LogP contribution in [0.3, 0.4) is 0 Å². The predicted molar refractivity (Wildman–Crippen MR) is 79.4 cm³/mol. The highest BCUT2D eigenvalue weighted by molar-refractivity contribution is 14.1. The quantitative estimate of drug-likeness (QED) is 0.651. The van der Waals surface area contributed by atoms with Crippen molar-refractivity contribution in [3.8, 4) is 5.75 Å². The molecular weight excluding hydrogens is 325 g/mol. The lowest BCUT2D eigenvalue weighted by Gasteiger charge is -2.16. The van der Waals surface area contributed by atoms with Gasteiger partial charge in [-0.15, -0.1) is 0 Å². The highest BCUT2D eigenvalue weighted by Crippen LogP contribution is 2.36. The minimum atomic E-state index is 0.128. The van der Waals surface area contributed by atoms with Crippen molar-refractivity contribution in [3.05, 3.63) is 26.8 Å². The Morgan fingerprint density at radius 3 is 3.00 bits per heavy atom. The maximum Gasteiger partial charge on any atom is 0.127 e. The number of hydrogen-bond acceptors (Lipinski definition) is 2. The van der Waals surface area contributed by atoms with Crippen LogP contribution in [0.1, 0.15) is 49.8 Å². The summed E-state index contributed by atoms with van der Waals surface area (Å²) in [5, 5.41) is 0. The second kappa shape index (κ2) is 6.05. The molecule has 1 aromatic carbocycles. The van der Waals surface area contributed by atoms with E-state index in [4.69, 9.17) is 10.5 Å². The molecule has 0 spiro atoms. The molecule has 1 aliphatic heterocycles. The summed E-state index contributed by atoms with van der Waals surface area (Å²) in [5.41, 5.74) is 8.83. The molecule has 0 amide bonds. The van der Waals surface area contributed by atoms with Crippen LogP contribution in [0, 0.1) is 3.57 Å². The third kappa shape index (κ3) is 3.13. The SMILES string of the molecule is CCCCCC(N)c1cc(I)cc2c1OCC2. The van der Waals surface area contributed by atoms with Gasteiger partial charge in [0, 0.05) is 21.6 Å². The highest BCUT2D eigenvalue weighted by Gasteiger charge is 2.20. The summed E-state index contributed by atoms with van der Waals surface area (Å²) in [6, 6.07) is 4.52. The predicted octanol–water partition coefficient (Wildman–Crippen LogP) is 3.81. The molecule has 1 aromatic rings. The Bertz CT molecular complexity index is 392. The van der Waals surface area contributed by atoms with Crippen molar-refractivity contribution in [1.29, 1.82) is 0 Å². The lowest BCUT2D eigenvalue weighted by Crippen LogP contribution is -2.11. The van der Waals surface area contributed by atoms with Gasteiger partial charge in [0.1, 0.15) is 5.75 Å². The van der Waals surface area contributed by atoms with E-state index in [9.17, 15) is 0 Å². The average Bonchev–Trinajstić information content (AvgIpc) is 2.75. The Kier molecular flexibility index (Phi) is 4.68. The van der Waals surface area contributed by atoms with E-state index in [1.807, 2.05) is 0 Å². The van der Waals surface area contributed by atoms with E-state index in [1.165, 1.54) is 34.0 Å². The van der Waals surface area contributed by atoms with Gasteiger partial charge in [0.25, 0.3) is 0 Å². The van der Waals surface area contributed by atoms with Crippen LogP contribution in [-0.2, 0) is 6.42 Å². The van der Waals surface area contributed by atoms with E-state index in [-0.39, 0.29) is 6.04 Å². The van der Waals surface area contributed by atoms with Crippen molar-refractivity contribution >= 4 is 22.6 Å². The van der Waals surface area contributed by atoms with Gasteiger partial charge in [-0.1, -0.05) is 26.2 Å². The van der Waals surface area contributed by atoms with Gasteiger partial charge in [-0.25, -0.2) is 0 Å². The van der Waals surface area contributed by atoms with Crippen LogP contribution in [0.5, 0.6) is 5.75 Å². The number of unbranched alkanes of at least 4 members (excludes halogenated alkanes) is 2. The summed E-state index contributed by atoms with van der Waals surface area (Å²) in [5.74, 6) is 1.06. The van der Waals surface area contributed by atoms with Crippen LogP contribution in [-0.4, -0.2) is 6.61 Å². The molecule has 0 fully saturated rings. The molecule has 2 nitrogen and oxygen atoms in total. The van der Waals surface area contributed by atoms with Crippen molar-refractivity contribution in [2.45, 2.75) is 45.1 Å². The summed E-state index contributed by atoms with van der Waals surface area (Å²) in [7, 11) is 0. The van der Waals surface area contributed by atoms with Crippen molar-refractivity contribution in [2.75, 3.05) is 6.61 Å². The molecule has 0 aliphatic carbocycles. The Hall–Kier alpha value is -0.290. The van der Waals surface area contributed by atoms with Crippen molar-refractivity contribution in [2.24, 2.45) is 5.73 Å². The van der Waals surface area contributed by atoms with E-state index in [2.05, 4.69) is 41.6 Å². The molecule has 1 atom stereocenters. The molecule has 0 radical (unpaired) electrons. The Morgan fingerprint density at radius 2 is 2.24 bits per heavy atom. The van der Waals surface area contributed by atoms with Crippen LogP contribution in [0.4, 0.5) is 0 Å². The first-order valence-electron chi connectivity index (χ1n) is 6.43. The third-order valence-corrected chi connectivity index (χ3v) is 3.92. The molecule has 2 rings (SSSR count). The van der Waals surface area contributed by atoms with Crippen LogP contribution >= 0.6 is 22.6 Å². The monoisotopic (exact) mass is 345 g/mol. The van der Waals surface area contributed by atoms with Crippen molar-refractivity contribution < 1.29 is 4.74 Å². The third-order valence-electron chi connectivity index (χ3n) is 3.30. The summed E-state index contributed by atoms with van der Waals surface area (Å²) in [6.07, 6.45) is 5.80. The molecule has 0 saturated heterocycles. The lowest BCUT2D eigenvalue weighted by molar-refractivity contribution is 0.350. The van der Waals surface area contributed by atoms with Crippen molar-refractivity contribution in [3.63, 3.8) is 0 Å². The average molecular weight is 345 g/mol. The molecule has 1 unspecified atom stereocenters. The number of ether oxygens (including phenoxy) is 1. The zero-order valence-corrected chi connectivity index (χ0v) is 12.5. The summed E-state index contributed by atoms with van der Waals surface area (Å²) >= 11 is 2.37. The van der Waals surface area contributed by atoms with Crippen LogP contribution in [0.25, 0.3) is 0 Å². The lowest BCUT2D eigenvalue weighted by atomic mass is 9.98. The fraction of sp³-hybridized carbons (Fsp3) is 0.571. The first-order valence-corrected chi connectivity index (χ1v) is 7.51. The zero-order chi connectivity index (χ0) is 12.3. The van der Waals surface area contributed by atoms with Crippen molar-refractivity contribution in [1.82, 2.24) is 0 Å². The second-order valence-corrected chi connectivity index (χ2v) is 5.93. The van der Waals surface area contributed by atoms with Gasteiger partial charge in [-0.05, 0) is 46.7 Å². The minimum absolute atomic E-state index is 0.128. The summed E-state index contributed by atoms with van der Waals surface area (Å²) < 4.78 is 7.00. The number of nitrogens with two attached hydrogens (primary N) is 1. The molecule has 17 heavy (non-hydrogen) atoms. The van der Waals surface area contributed by atoms with Gasteiger partial charge >= 0.3 is 0 Å². The fourth-order valence-electron chi connectivity index (χ4n) is 2.34. The smallest absolute Gasteiger partial charge is 0.127 e. The first-order chi connectivity index (χ1) is 8.22. The van der Waals surface area contributed by atoms with E-state index in [1.54, 1.807) is 0 Å². The van der Waals surface area contributed by atoms with Gasteiger partial charge in [-0.3, -0.25) is 0 Å². The maximum absolute atomic E-state index is 6.29. The largest absolute Gasteiger partial charge is 0.493 e. The maximum atomic E-state index is 6.29. The van der Waals surface area contributed by atoms with Crippen LogP contribution < -0.4 is 10.5 Å². The van der Waals surface area contributed by atoms with Crippen LogP contribution in [0.15, 0.2) is 12.1 Å². The first kappa shape index (κ1) is 13.1. The zero-order valence-electron chi connectivity index (χ0n) is 10.3. The normalized spacial score (nSPS) is 15.5. The van der Waals surface area contributed by atoms with Gasteiger partial charge in [-0.2, -0.15) is 0 Å². The van der Waals surface area contributed by atoms with Gasteiger partial charge in [0.2, 0.25) is 0 Å². The van der Waals surface area contributed by atoms with E-state index in [0.29, 0.717) is 0 Å². The molecule has 94 valence electrons. The number of halogens is 1. The fourth-order valence-corrected chi connectivity index (χ4v) is 3.05. The molecule has 3 heteroatoms. The molecular formula is C14H20INO. The van der Waals surface area contributed by atoms with Gasteiger partial charge in [0.15, 0.2) is 0 Å². The topological polar surface area (TPSA) is 35.2 Å². The molecule has 0 bridgehead atoms. The molecule has 1 heterocycles. The van der Waals surface area contributed by atoms with Gasteiger partial charge < -0.3 is 10.5 Å². The highest BCUT2D eigenvalue weighted by atomic mass is 127. The number of benzene rings is 1. The van der Waals surface area contributed by atoms with E-state index >= 15 is 0 Å². The minimum Gasteiger partial charge on any atom is -0.493 e. The molecule has 0 saturated carbocycles. The number of rotatable bonds is 5. The van der Waals surface area contributed by atoms with Crippen LogP contribution in [0.2, 0.25) is 0 Å². The Labute approximate surface area is 117 Å². The summed E-state index contributed by atoms with van der Waals surface area (Å²) in [6.45, 7) is 3.03. The number of fused-ring (bicyclic) bond motifs is 1. The standard InChI is InChI=1S/C14H20INO/c1-2-3-4-5-13(16)12-9-11(15)8-10-6-7-17-14(10)12/h8-9,13H,2-7,16H2,1H3. The molecule has 2 N–H and O–H groups in total. The summed E-state index contributed by atoms with van der Waals surface area (Å²) in [4.78, 5) is 0. The van der Waals surface area contributed by atoms with E-state index in [0.717, 1.165) is 25.2 Å². The van der Waals surface area contributed by atoms with Gasteiger partial charge in [0.05, 0.1) is 6.61 Å². The number of hydrogen-bond donors (Lipinski definition) is 1. The van der Waals surface area contributed by atoms with E-state index < -0.39 is 0 Å². The second-order valence-electron chi connectivity index (χ2n) is 4.68. The Morgan fingerprint density at radius 1 is 1.41 bits per heavy atom. The Balaban J connectivity index is 2.14.